The SMILES string of the molecule is Cc1ccc2c(c1)OC(=O)[C@@H]1C2=C[C@H](c2ccc3c(c2)OCO3)[C@@H]2C(=O)N(c3ccc(Cl)cc3)C(=O)[C@@H]12. The number of benzene rings is 3. The summed E-state index contributed by atoms with van der Waals surface area (Å²) in [5.74, 6) is -2.72. The molecule has 1 fully saturated rings. The van der Waals surface area contributed by atoms with Gasteiger partial charge in [-0.25, -0.2) is 4.90 Å². The molecular weight excluding hydrogens is 494 g/mol. The van der Waals surface area contributed by atoms with Crippen LogP contribution in [0.1, 0.15) is 22.6 Å². The van der Waals surface area contributed by atoms with Crippen molar-refractivity contribution in [2.75, 3.05) is 11.7 Å². The molecule has 3 aliphatic heterocycles. The maximum Gasteiger partial charge on any atom is 0.319 e. The monoisotopic (exact) mass is 513 g/mol. The molecule has 37 heavy (non-hydrogen) atoms. The lowest BCUT2D eigenvalue weighted by Gasteiger charge is -2.38. The lowest BCUT2D eigenvalue weighted by atomic mass is 9.64. The van der Waals surface area contributed by atoms with E-state index in [1.165, 1.54) is 4.90 Å². The quantitative estimate of drug-likeness (QED) is 0.275. The minimum atomic E-state index is -0.916. The van der Waals surface area contributed by atoms with Gasteiger partial charge in [0.15, 0.2) is 11.5 Å². The molecule has 184 valence electrons. The molecule has 3 aromatic rings. The van der Waals surface area contributed by atoms with Gasteiger partial charge in [-0.05, 0) is 66.1 Å². The van der Waals surface area contributed by atoms with Crippen molar-refractivity contribution in [2.24, 2.45) is 17.8 Å². The number of hydrogen-bond acceptors (Lipinski definition) is 6. The summed E-state index contributed by atoms with van der Waals surface area (Å²) in [5.41, 5.74) is 3.63. The summed E-state index contributed by atoms with van der Waals surface area (Å²) in [5, 5.41) is 0.491. The highest BCUT2D eigenvalue weighted by Crippen LogP contribution is 2.55. The Hall–Kier alpha value is -4.10. The van der Waals surface area contributed by atoms with Crippen LogP contribution in [0.2, 0.25) is 5.02 Å². The number of esters is 1. The summed E-state index contributed by atoms with van der Waals surface area (Å²) in [4.78, 5) is 42.5. The van der Waals surface area contributed by atoms with Gasteiger partial charge in [0.1, 0.15) is 5.75 Å². The van der Waals surface area contributed by atoms with E-state index < -0.39 is 35.5 Å². The summed E-state index contributed by atoms with van der Waals surface area (Å²) in [6, 6.07) is 17.7. The Morgan fingerprint density at radius 2 is 1.59 bits per heavy atom. The maximum atomic E-state index is 14.0. The average Bonchev–Trinajstić information content (AvgIpc) is 3.46. The van der Waals surface area contributed by atoms with Gasteiger partial charge < -0.3 is 14.2 Å². The summed E-state index contributed by atoms with van der Waals surface area (Å²) in [7, 11) is 0. The molecule has 0 spiro atoms. The minimum Gasteiger partial charge on any atom is -0.454 e. The molecule has 7 rings (SSSR count). The van der Waals surface area contributed by atoms with Gasteiger partial charge in [-0.2, -0.15) is 0 Å². The molecule has 2 amide bonds. The smallest absolute Gasteiger partial charge is 0.319 e. The van der Waals surface area contributed by atoms with Crippen LogP contribution in [0.15, 0.2) is 66.7 Å². The number of allylic oxidation sites excluding steroid dienone is 1. The molecule has 4 atom stereocenters. The summed E-state index contributed by atoms with van der Waals surface area (Å²) >= 11 is 6.05. The van der Waals surface area contributed by atoms with Gasteiger partial charge in [-0.1, -0.05) is 35.9 Å². The molecule has 4 aliphatic rings. The normalized spacial score (nSPS) is 25.3. The summed E-state index contributed by atoms with van der Waals surface area (Å²) < 4.78 is 16.8. The molecule has 3 aromatic carbocycles. The third-order valence-corrected chi connectivity index (χ3v) is 7.87. The topological polar surface area (TPSA) is 82.1 Å². The number of rotatable bonds is 2. The van der Waals surface area contributed by atoms with Crippen LogP contribution >= 0.6 is 11.6 Å². The zero-order valence-corrected chi connectivity index (χ0v) is 20.4. The predicted octanol–water partition coefficient (Wildman–Crippen LogP) is 4.90. The fourth-order valence-electron chi connectivity index (χ4n) is 5.96. The van der Waals surface area contributed by atoms with E-state index in [9.17, 15) is 14.4 Å². The van der Waals surface area contributed by atoms with Gasteiger partial charge >= 0.3 is 5.97 Å². The van der Waals surface area contributed by atoms with E-state index >= 15 is 0 Å². The van der Waals surface area contributed by atoms with Gasteiger partial charge in [0.25, 0.3) is 0 Å². The predicted molar refractivity (Wildman–Crippen MR) is 135 cm³/mol. The molecule has 7 nitrogen and oxygen atoms in total. The van der Waals surface area contributed by atoms with Crippen molar-refractivity contribution in [3.05, 3.63) is 88.5 Å². The first-order valence-corrected chi connectivity index (χ1v) is 12.4. The lowest BCUT2D eigenvalue weighted by molar-refractivity contribution is -0.142. The summed E-state index contributed by atoms with van der Waals surface area (Å²) in [6.07, 6.45) is 1.95. The standard InChI is InChI=1S/C29H20ClNO6/c1-14-2-8-18-20-12-19(15-3-9-21-23(11-15)36-13-35-21)24-26(25(20)29(34)37-22(18)10-14)28(33)31(27(24)32)17-6-4-16(30)5-7-17/h2-12,19,24-26H,13H2,1H3/t19-,24+,25-,26-/m1/s1. The van der Waals surface area contributed by atoms with Crippen LogP contribution < -0.4 is 19.1 Å². The number of hydrogen-bond donors (Lipinski definition) is 0. The Morgan fingerprint density at radius 3 is 2.41 bits per heavy atom. The second-order valence-electron chi connectivity index (χ2n) is 9.70. The largest absolute Gasteiger partial charge is 0.454 e. The van der Waals surface area contributed by atoms with Crippen molar-refractivity contribution in [2.45, 2.75) is 12.8 Å². The first kappa shape index (κ1) is 22.1. The highest BCUT2D eigenvalue weighted by atomic mass is 35.5. The number of ether oxygens (including phenoxy) is 3. The third kappa shape index (κ3) is 3.23. The van der Waals surface area contributed by atoms with Crippen molar-refractivity contribution in [1.29, 1.82) is 0 Å². The number of carbonyl (C=O) groups is 3. The highest BCUT2D eigenvalue weighted by molar-refractivity contribution is 6.31. The van der Waals surface area contributed by atoms with Gasteiger partial charge in [0.2, 0.25) is 18.6 Å². The molecule has 8 heteroatoms. The van der Waals surface area contributed by atoms with E-state index in [4.69, 9.17) is 25.8 Å². The fraction of sp³-hybridized carbons (Fsp3) is 0.207. The highest BCUT2D eigenvalue weighted by Gasteiger charge is 2.60. The number of halogens is 1. The van der Waals surface area contributed by atoms with Gasteiger partial charge in [0, 0.05) is 16.5 Å². The molecule has 1 aliphatic carbocycles. The zero-order chi connectivity index (χ0) is 25.4. The van der Waals surface area contributed by atoms with Crippen molar-refractivity contribution >= 4 is 40.6 Å². The van der Waals surface area contributed by atoms with Crippen LogP contribution in [-0.2, 0) is 14.4 Å². The zero-order valence-electron chi connectivity index (χ0n) is 19.6. The second-order valence-corrected chi connectivity index (χ2v) is 10.1. The second kappa shape index (κ2) is 7.95. The molecule has 0 saturated carbocycles. The number of fused-ring (bicyclic) bond motifs is 6. The molecular formula is C29H20ClNO6. The van der Waals surface area contributed by atoms with Gasteiger partial charge in [-0.15, -0.1) is 0 Å². The molecule has 3 heterocycles. The summed E-state index contributed by atoms with van der Waals surface area (Å²) in [6.45, 7) is 2.04. The Kier molecular flexibility index (Phi) is 4.75. The molecule has 1 saturated heterocycles. The van der Waals surface area contributed by atoms with Crippen LogP contribution in [0.5, 0.6) is 17.2 Å². The number of imide groups is 1. The first-order chi connectivity index (χ1) is 17.9. The maximum absolute atomic E-state index is 14.0. The van der Waals surface area contributed by atoms with Crippen LogP contribution in [0, 0.1) is 24.7 Å². The van der Waals surface area contributed by atoms with E-state index in [1.54, 1.807) is 24.3 Å². The van der Waals surface area contributed by atoms with E-state index in [2.05, 4.69) is 0 Å². The first-order valence-electron chi connectivity index (χ1n) is 12.0. The number of carbonyl (C=O) groups excluding carboxylic acids is 3. The fourth-order valence-corrected chi connectivity index (χ4v) is 6.08. The number of amides is 2. The third-order valence-electron chi connectivity index (χ3n) is 7.62. The van der Waals surface area contributed by atoms with Crippen LogP contribution in [0.25, 0.3) is 5.57 Å². The Balaban J connectivity index is 1.42. The van der Waals surface area contributed by atoms with Crippen molar-refractivity contribution in [1.82, 2.24) is 0 Å². The number of aryl methyl sites for hydroxylation is 1. The van der Waals surface area contributed by atoms with Crippen LogP contribution in [0.4, 0.5) is 5.69 Å². The van der Waals surface area contributed by atoms with Gasteiger partial charge in [0.05, 0.1) is 23.4 Å². The molecule has 0 N–H and O–H groups in total. The molecule has 0 unspecified atom stereocenters. The molecule has 0 bridgehead atoms. The number of nitrogens with zero attached hydrogens (tertiary/aromatic N) is 1. The van der Waals surface area contributed by atoms with E-state index in [1.807, 2.05) is 49.4 Å². The van der Waals surface area contributed by atoms with E-state index in [0.717, 1.165) is 16.7 Å². The van der Waals surface area contributed by atoms with Crippen molar-refractivity contribution < 1.29 is 28.6 Å². The minimum absolute atomic E-state index is 0.124. The lowest BCUT2D eigenvalue weighted by Crippen LogP contribution is -2.42. The number of anilines is 1. The van der Waals surface area contributed by atoms with E-state index in [-0.39, 0.29) is 12.7 Å². The van der Waals surface area contributed by atoms with Crippen LogP contribution in [-0.4, -0.2) is 24.6 Å². The van der Waals surface area contributed by atoms with Crippen molar-refractivity contribution in [3.8, 4) is 17.2 Å². The Morgan fingerprint density at radius 1 is 0.838 bits per heavy atom. The van der Waals surface area contributed by atoms with E-state index in [0.29, 0.717) is 33.5 Å². The Bertz CT molecular complexity index is 1540. The molecule has 0 aromatic heterocycles. The average molecular weight is 514 g/mol. The van der Waals surface area contributed by atoms with Crippen LogP contribution in [0.3, 0.4) is 0 Å². The molecule has 0 radical (unpaired) electrons. The van der Waals surface area contributed by atoms with Crippen molar-refractivity contribution in [3.63, 3.8) is 0 Å². The Labute approximate surface area is 217 Å². The van der Waals surface area contributed by atoms with Gasteiger partial charge in [-0.3, -0.25) is 14.4 Å².